The molecule has 1 amide bonds. The largest absolute Gasteiger partial charge is 0.358 e. The number of likely N-dealkylation sites (N-methyl/N-ethyl adjacent to an activating group) is 1. The second kappa shape index (κ2) is 3.57. The van der Waals surface area contributed by atoms with Gasteiger partial charge in [-0.25, -0.2) is 0 Å². The molecule has 0 saturated carbocycles. The van der Waals surface area contributed by atoms with Gasteiger partial charge in [-0.1, -0.05) is 6.07 Å². The molecule has 1 heterocycles. The van der Waals surface area contributed by atoms with E-state index in [0.29, 0.717) is 0 Å². The zero-order chi connectivity index (χ0) is 11.0. The molecule has 80 valence electrons. The third-order valence-electron chi connectivity index (χ3n) is 2.91. The minimum Gasteiger partial charge on any atom is -0.358 e. The van der Waals surface area contributed by atoms with Crippen molar-refractivity contribution < 1.29 is 4.79 Å². The number of hydrogen-bond donors (Lipinski definition) is 1. The minimum absolute atomic E-state index is 0.0785. The van der Waals surface area contributed by atoms with Crippen LogP contribution in [0.4, 0.5) is 11.4 Å². The lowest BCUT2D eigenvalue weighted by atomic mass is 10.1. The highest BCUT2D eigenvalue weighted by Crippen LogP contribution is 2.32. The molecule has 1 aromatic rings. The predicted molar refractivity (Wildman–Crippen MR) is 62.3 cm³/mol. The van der Waals surface area contributed by atoms with Crippen LogP contribution in [0, 0.1) is 6.92 Å². The number of benzene rings is 1. The molecule has 0 spiro atoms. The Bertz CT molecular complexity index is 401. The zero-order valence-electron chi connectivity index (χ0n) is 9.37. The lowest BCUT2D eigenvalue weighted by Gasteiger charge is -2.35. The maximum Gasteiger partial charge on any atom is 0.246 e. The molecule has 3 heteroatoms. The Kier molecular flexibility index (Phi) is 2.39. The molecule has 1 unspecified atom stereocenters. The molecule has 1 N–H and O–H groups in total. The van der Waals surface area contributed by atoms with Crippen molar-refractivity contribution in [2.75, 3.05) is 16.8 Å². The van der Waals surface area contributed by atoms with Crippen molar-refractivity contribution in [2.45, 2.75) is 26.8 Å². The molecule has 2 rings (SSSR count). The lowest BCUT2D eigenvalue weighted by Crippen LogP contribution is -2.46. The van der Waals surface area contributed by atoms with Crippen LogP contribution < -0.4 is 10.2 Å². The highest BCUT2D eigenvalue weighted by atomic mass is 16.2. The smallest absolute Gasteiger partial charge is 0.246 e. The molecule has 3 nitrogen and oxygen atoms in total. The van der Waals surface area contributed by atoms with Crippen LogP contribution in [0.3, 0.4) is 0 Å². The van der Waals surface area contributed by atoms with Crippen molar-refractivity contribution in [3.05, 3.63) is 23.8 Å². The van der Waals surface area contributed by atoms with Gasteiger partial charge in [0.1, 0.15) is 6.04 Å². The molecule has 1 aliphatic rings. The van der Waals surface area contributed by atoms with Crippen LogP contribution in [0.5, 0.6) is 0 Å². The van der Waals surface area contributed by atoms with Crippen molar-refractivity contribution in [1.82, 2.24) is 0 Å². The van der Waals surface area contributed by atoms with E-state index < -0.39 is 0 Å². The van der Waals surface area contributed by atoms with Crippen molar-refractivity contribution in [3.8, 4) is 0 Å². The van der Waals surface area contributed by atoms with E-state index in [2.05, 4.69) is 29.3 Å². The first-order valence-electron chi connectivity index (χ1n) is 5.31. The number of fused-ring (bicyclic) bond motifs is 1. The molecule has 0 fully saturated rings. The molecular formula is C12H16N2O. The molecule has 0 saturated heterocycles. The molecule has 1 atom stereocenters. The number of carbonyl (C=O) groups is 1. The second-order valence-electron chi connectivity index (χ2n) is 3.97. The molecule has 0 bridgehead atoms. The van der Waals surface area contributed by atoms with Gasteiger partial charge in [-0.2, -0.15) is 0 Å². The molecular weight excluding hydrogens is 188 g/mol. The summed E-state index contributed by atoms with van der Waals surface area (Å²) in [6.07, 6.45) is 0. The predicted octanol–water partition coefficient (Wildman–Crippen LogP) is 2.16. The molecule has 0 aliphatic carbocycles. The van der Waals surface area contributed by atoms with Gasteiger partial charge < -0.3 is 10.2 Å². The van der Waals surface area contributed by atoms with Crippen molar-refractivity contribution in [1.29, 1.82) is 0 Å². The maximum absolute atomic E-state index is 11.7. The summed E-state index contributed by atoms with van der Waals surface area (Å²) in [6, 6.07) is 6.09. The summed E-state index contributed by atoms with van der Waals surface area (Å²) in [7, 11) is 0. The molecule has 0 aromatic heterocycles. The third kappa shape index (κ3) is 1.58. The molecule has 1 aromatic carbocycles. The van der Waals surface area contributed by atoms with Gasteiger partial charge >= 0.3 is 0 Å². The standard InChI is InChI=1S/C12H16N2O/c1-4-14-9(3)12(15)13-10-7-8(2)5-6-11(10)14/h5-7,9H,4H2,1-3H3,(H,13,15). The number of aryl methyl sites for hydroxylation is 1. The third-order valence-corrected chi connectivity index (χ3v) is 2.91. The summed E-state index contributed by atoms with van der Waals surface area (Å²) >= 11 is 0. The number of nitrogens with zero attached hydrogens (tertiary/aromatic N) is 1. The number of amides is 1. The van der Waals surface area contributed by atoms with Gasteiger partial charge in [0.15, 0.2) is 0 Å². The van der Waals surface area contributed by atoms with Crippen LogP contribution in [-0.2, 0) is 4.79 Å². The van der Waals surface area contributed by atoms with E-state index in [-0.39, 0.29) is 11.9 Å². The van der Waals surface area contributed by atoms with Crippen molar-refractivity contribution >= 4 is 17.3 Å². The van der Waals surface area contributed by atoms with Gasteiger partial charge in [-0.15, -0.1) is 0 Å². The normalized spacial score (nSPS) is 19.8. The fourth-order valence-corrected chi connectivity index (χ4v) is 2.03. The molecule has 1 aliphatic heterocycles. The summed E-state index contributed by atoms with van der Waals surface area (Å²) in [4.78, 5) is 13.8. The fraction of sp³-hybridized carbons (Fsp3) is 0.417. The van der Waals surface area contributed by atoms with Crippen LogP contribution in [-0.4, -0.2) is 18.5 Å². The first kappa shape index (κ1) is 10.0. The fourth-order valence-electron chi connectivity index (χ4n) is 2.03. The average Bonchev–Trinajstić information content (AvgIpc) is 2.20. The minimum atomic E-state index is -0.0785. The van der Waals surface area contributed by atoms with E-state index in [1.807, 2.05) is 19.9 Å². The van der Waals surface area contributed by atoms with Gasteiger partial charge in [-0.3, -0.25) is 4.79 Å². The lowest BCUT2D eigenvalue weighted by molar-refractivity contribution is -0.117. The highest BCUT2D eigenvalue weighted by molar-refractivity contribution is 6.03. The van der Waals surface area contributed by atoms with Gasteiger partial charge in [-0.05, 0) is 38.5 Å². The van der Waals surface area contributed by atoms with E-state index >= 15 is 0 Å². The molecule has 15 heavy (non-hydrogen) atoms. The number of carbonyl (C=O) groups excluding carboxylic acids is 1. The Labute approximate surface area is 90.1 Å². The number of rotatable bonds is 1. The summed E-state index contributed by atoms with van der Waals surface area (Å²) < 4.78 is 0. The highest BCUT2D eigenvalue weighted by Gasteiger charge is 2.27. The van der Waals surface area contributed by atoms with Gasteiger partial charge in [0.25, 0.3) is 0 Å². The van der Waals surface area contributed by atoms with Crippen molar-refractivity contribution in [2.24, 2.45) is 0 Å². The zero-order valence-corrected chi connectivity index (χ0v) is 9.37. The van der Waals surface area contributed by atoms with Crippen LogP contribution in [0.15, 0.2) is 18.2 Å². The van der Waals surface area contributed by atoms with E-state index in [4.69, 9.17) is 0 Å². The average molecular weight is 204 g/mol. The number of anilines is 2. The van der Waals surface area contributed by atoms with Gasteiger partial charge in [0.05, 0.1) is 11.4 Å². The van der Waals surface area contributed by atoms with E-state index in [9.17, 15) is 4.79 Å². The van der Waals surface area contributed by atoms with Gasteiger partial charge in [0.2, 0.25) is 5.91 Å². The Hall–Kier alpha value is -1.51. The first-order valence-corrected chi connectivity index (χ1v) is 5.31. The Morgan fingerprint density at radius 3 is 2.87 bits per heavy atom. The summed E-state index contributed by atoms with van der Waals surface area (Å²) in [5.41, 5.74) is 3.22. The Morgan fingerprint density at radius 2 is 2.20 bits per heavy atom. The summed E-state index contributed by atoms with van der Waals surface area (Å²) in [5.74, 6) is 0.0787. The summed E-state index contributed by atoms with van der Waals surface area (Å²) in [6.45, 7) is 6.88. The van der Waals surface area contributed by atoms with E-state index in [1.54, 1.807) is 0 Å². The first-order chi connectivity index (χ1) is 7.13. The van der Waals surface area contributed by atoms with Crippen LogP contribution in [0.2, 0.25) is 0 Å². The van der Waals surface area contributed by atoms with E-state index in [1.165, 1.54) is 5.56 Å². The molecule has 0 radical (unpaired) electrons. The maximum atomic E-state index is 11.7. The second-order valence-corrected chi connectivity index (χ2v) is 3.97. The number of nitrogens with one attached hydrogen (secondary N) is 1. The number of hydrogen-bond acceptors (Lipinski definition) is 2. The Morgan fingerprint density at radius 1 is 1.47 bits per heavy atom. The quantitative estimate of drug-likeness (QED) is 0.760. The topological polar surface area (TPSA) is 32.3 Å². The van der Waals surface area contributed by atoms with E-state index in [0.717, 1.165) is 17.9 Å². The SMILES string of the molecule is CCN1c2ccc(C)cc2NC(=O)C1C. The van der Waals surface area contributed by atoms with Crippen LogP contribution in [0.25, 0.3) is 0 Å². The van der Waals surface area contributed by atoms with Gasteiger partial charge in [0, 0.05) is 6.54 Å². The van der Waals surface area contributed by atoms with Crippen LogP contribution in [0.1, 0.15) is 19.4 Å². The van der Waals surface area contributed by atoms with Crippen molar-refractivity contribution in [3.63, 3.8) is 0 Å². The Balaban J connectivity index is 2.49. The summed E-state index contributed by atoms with van der Waals surface area (Å²) in [5, 5.41) is 2.93. The monoisotopic (exact) mass is 204 g/mol. The van der Waals surface area contributed by atoms with Crippen LogP contribution >= 0.6 is 0 Å².